The smallest absolute Gasteiger partial charge is 0.428 e. The van der Waals surface area contributed by atoms with Crippen molar-refractivity contribution in [1.82, 2.24) is 0 Å². The fraction of sp³-hybridized carbons (Fsp3) is 0.220. The average Bonchev–Trinajstić information content (AvgIpc) is 3.09. The monoisotopic (exact) mass is 716 g/mol. The van der Waals surface area contributed by atoms with Crippen LogP contribution in [0.5, 0.6) is 5.75 Å². The molecule has 0 saturated carbocycles. The zero-order valence-electron chi connectivity index (χ0n) is 28.6. The Hall–Kier alpha value is -4.99. The molecule has 0 spiro atoms. The molecule has 0 aliphatic heterocycles. The summed E-state index contributed by atoms with van der Waals surface area (Å²) in [5, 5.41) is 0. The van der Waals surface area contributed by atoms with Crippen LogP contribution in [-0.2, 0) is 11.1 Å². The first-order chi connectivity index (χ1) is 24.0. The van der Waals surface area contributed by atoms with Crippen molar-refractivity contribution < 1.29 is 44.3 Å². The van der Waals surface area contributed by atoms with Crippen LogP contribution in [0.3, 0.4) is 0 Å². The van der Waals surface area contributed by atoms with Crippen molar-refractivity contribution in [2.45, 2.75) is 51.9 Å². The number of hydrogen-bond donors (Lipinski definition) is 0. The molecule has 0 bridgehead atoms. The third-order valence-electron chi connectivity index (χ3n) is 8.33. The van der Waals surface area contributed by atoms with E-state index >= 15 is 0 Å². The minimum absolute atomic E-state index is 0.0178. The zero-order valence-corrected chi connectivity index (χ0v) is 28.6. The Morgan fingerprint density at radius 3 is 0.980 bits per heavy atom. The summed E-state index contributed by atoms with van der Waals surface area (Å²) in [5.74, 6) is 0.0178. The van der Waals surface area contributed by atoms with Crippen LogP contribution in [-0.4, -0.2) is 13.1 Å². The van der Waals surface area contributed by atoms with E-state index in [2.05, 4.69) is 60.2 Å². The van der Waals surface area contributed by atoms with Crippen molar-refractivity contribution in [3.63, 3.8) is 0 Å². The molecule has 0 saturated heterocycles. The molecule has 10 heteroatoms. The van der Waals surface area contributed by atoms with Gasteiger partial charge in [0.05, 0.1) is 0 Å². The van der Waals surface area contributed by atoms with Crippen molar-refractivity contribution in [2.75, 3.05) is 6.93 Å². The molecule has 5 rings (SSSR count). The van der Waals surface area contributed by atoms with Crippen molar-refractivity contribution in [1.29, 1.82) is 0 Å². The molecule has 0 aliphatic rings. The number of aryl methyl sites for hydroxylation is 4. The van der Waals surface area contributed by atoms with Crippen LogP contribution >= 0.6 is 0 Å². The fourth-order valence-electron chi connectivity index (χ4n) is 5.33. The topological polar surface area (TPSA) is 9.23 Å². The van der Waals surface area contributed by atoms with Crippen LogP contribution in [0.25, 0.3) is 0 Å². The summed E-state index contributed by atoms with van der Waals surface area (Å²) in [4.78, 5) is 0. The lowest BCUT2D eigenvalue weighted by atomic mass is 9.71. The Balaban J connectivity index is 0.000000268. The summed E-state index contributed by atoms with van der Waals surface area (Å²) in [6, 6.07) is 31.9. The summed E-state index contributed by atoms with van der Waals surface area (Å²) in [5.41, 5.74) is 2.24. The van der Waals surface area contributed by atoms with Crippen LogP contribution in [0.2, 0.25) is 0 Å². The lowest BCUT2D eigenvalue weighted by Gasteiger charge is -2.32. The summed E-state index contributed by atoms with van der Waals surface area (Å²) in [6.07, 6.45) is -7.49. The van der Waals surface area contributed by atoms with Gasteiger partial charge in [-0.2, -0.15) is 26.3 Å². The fourth-order valence-corrected chi connectivity index (χ4v) is 5.33. The Bertz CT molecular complexity index is 1750. The van der Waals surface area contributed by atoms with Gasteiger partial charge in [-0.3, -0.25) is 0 Å². The van der Waals surface area contributed by atoms with Gasteiger partial charge in [0, 0.05) is 16.5 Å². The third-order valence-corrected chi connectivity index (χ3v) is 8.33. The van der Waals surface area contributed by atoms with Gasteiger partial charge in [0.1, 0.15) is 5.75 Å². The molecule has 0 unspecified atom stereocenters. The van der Waals surface area contributed by atoms with Crippen molar-refractivity contribution in [3.8, 4) is 5.75 Å². The van der Waals surface area contributed by atoms with Crippen LogP contribution in [0.1, 0.15) is 57.0 Å². The lowest BCUT2D eigenvalue weighted by molar-refractivity contribution is -0.219. The van der Waals surface area contributed by atoms with E-state index in [-0.39, 0.29) is 5.75 Å². The maximum Gasteiger partial charge on any atom is 0.431 e. The summed E-state index contributed by atoms with van der Waals surface area (Å²) < 4.78 is 116. The molecule has 0 aliphatic carbocycles. The SMILES string of the molecule is Cc1ccc(C(C)(c2ccc(C)cc2)c2ccc(OC(F)=C(F)F)cc2)cc1.Cc1ccc(C(F)(c2ccc(C)cc2)C(F)(F)F)cc1.FCF. The second kappa shape index (κ2) is 17.3. The Labute approximate surface area is 292 Å². The number of halogens is 9. The van der Waals surface area contributed by atoms with Gasteiger partial charge in [0.2, 0.25) is 6.93 Å². The van der Waals surface area contributed by atoms with E-state index in [9.17, 15) is 39.5 Å². The van der Waals surface area contributed by atoms with E-state index in [1.165, 1.54) is 60.7 Å². The van der Waals surface area contributed by atoms with Gasteiger partial charge >= 0.3 is 18.3 Å². The maximum absolute atomic E-state index is 14.9. The first-order valence-corrected chi connectivity index (χ1v) is 15.6. The van der Waals surface area contributed by atoms with Gasteiger partial charge in [0.15, 0.2) is 0 Å². The van der Waals surface area contributed by atoms with Gasteiger partial charge < -0.3 is 4.74 Å². The molecule has 5 aromatic carbocycles. The van der Waals surface area contributed by atoms with Gasteiger partial charge in [0.25, 0.3) is 5.67 Å². The summed E-state index contributed by atoms with van der Waals surface area (Å²) in [7, 11) is 0. The normalized spacial score (nSPS) is 11.4. The number of rotatable bonds is 7. The molecular weight excluding hydrogens is 679 g/mol. The molecule has 5 aromatic rings. The molecule has 51 heavy (non-hydrogen) atoms. The molecular formula is C41H37F9O. The first kappa shape index (κ1) is 40.4. The first-order valence-electron chi connectivity index (χ1n) is 15.6. The highest BCUT2D eigenvalue weighted by Crippen LogP contribution is 2.47. The van der Waals surface area contributed by atoms with Gasteiger partial charge in [-0.1, -0.05) is 131 Å². The largest absolute Gasteiger partial charge is 0.431 e. The minimum atomic E-state index is -5.02. The van der Waals surface area contributed by atoms with Gasteiger partial charge in [-0.05, 0) is 63.4 Å². The molecule has 0 aromatic heterocycles. The van der Waals surface area contributed by atoms with E-state index in [1.54, 1.807) is 26.0 Å². The lowest BCUT2D eigenvalue weighted by Crippen LogP contribution is -2.39. The van der Waals surface area contributed by atoms with Gasteiger partial charge in [-0.15, -0.1) is 0 Å². The number of benzene rings is 5. The van der Waals surface area contributed by atoms with Crippen molar-refractivity contribution in [3.05, 3.63) is 183 Å². The second-order valence-corrected chi connectivity index (χ2v) is 12.0. The zero-order chi connectivity index (χ0) is 38.0. The number of ether oxygens (including phenoxy) is 1. The molecule has 270 valence electrons. The standard InChI is InChI=1S/C24H21F3O.C16H14F4.CH2F2/c1-16-4-8-18(9-5-16)24(3,19-10-6-17(2)7-11-19)20-12-14-21(15-13-20)28-23(27)22(25)26;1-11-3-7-13(8-4-11)15(17,16(18,19)20)14-9-5-12(2)6-10-14;2-1-3/h4-15H,1-3H3;3-10H,1-2H3;1H2. The highest BCUT2D eigenvalue weighted by Gasteiger charge is 2.58. The number of alkyl halides is 6. The van der Waals surface area contributed by atoms with E-state index in [0.717, 1.165) is 38.9 Å². The van der Waals surface area contributed by atoms with Crippen LogP contribution in [0.15, 0.2) is 133 Å². The third kappa shape index (κ3) is 9.84. The van der Waals surface area contributed by atoms with Crippen LogP contribution < -0.4 is 4.74 Å². The quantitative estimate of drug-likeness (QED) is 0.0926. The predicted octanol–water partition coefficient (Wildman–Crippen LogP) is 13.0. The molecule has 0 fully saturated rings. The Morgan fingerprint density at radius 2 is 0.725 bits per heavy atom. The summed E-state index contributed by atoms with van der Waals surface area (Å²) >= 11 is 0. The van der Waals surface area contributed by atoms with E-state index in [0.29, 0.717) is 0 Å². The Morgan fingerprint density at radius 1 is 0.471 bits per heavy atom. The minimum Gasteiger partial charge on any atom is -0.428 e. The van der Waals surface area contributed by atoms with E-state index < -0.39 is 47.4 Å². The molecule has 0 atom stereocenters. The van der Waals surface area contributed by atoms with Crippen molar-refractivity contribution >= 4 is 0 Å². The Kier molecular flexibility index (Phi) is 13.7. The van der Waals surface area contributed by atoms with E-state index in [1.807, 2.05) is 13.8 Å². The molecule has 0 radical (unpaired) electrons. The van der Waals surface area contributed by atoms with Crippen LogP contribution in [0.4, 0.5) is 39.5 Å². The second-order valence-electron chi connectivity index (χ2n) is 12.0. The molecule has 1 nitrogen and oxygen atoms in total. The summed E-state index contributed by atoms with van der Waals surface area (Å²) in [6.45, 7) is 7.91. The predicted molar refractivity (Wildman–Crippen MR) is 183 cm³/mol. The highest BCUT2D eigenvalue weighted by molar-refractivity contribution is 5.51. The molecule has 0 N–H and O–H groups in total. The van der Waals surface area contributed by atoms with Crippen LogP contribution in [0, 0.1) is 27.7 Å². The highest BCUT2D eigenvalue weighted by atomic mass is 19.4. The van der Waals surface area contributed by atoms with Gasteiger partial charge in [-0.25, -0.2) is 13.2 Å². The van der Waals surface area contributed by atoms with E-state index in [4.69, 9.17) is 0 Å². The van der Waals surface area contributed by atoms with Crippen molar-refractivity contribution in [2.24, 2.45) is 0 Å². The maximum atomic E-state index is 14.9. The molecule has 0 heterocycles. The molecule has 0 amide bonds. The average molecular weight is 717 g/mol. The number of hydrogen-bond acceptors (Lipinski definition) is 1.